The Kier molecular flexibility index (Phi) is 6.30. The van der Waals surface area contributed by atoms with Crippen LogP contribution in [0.15, 0.2) is 66.0 Å². The van der Waals surface area contributed by atoms with Crippen molar-refractivity contribution in [3.63, 3.8) is 0 Å². The second kappa shape index (κ2) is 9.92. The van der Waals surface area contributed by atoms with Gasteiger partial charge in [0.25, 0.3) is 5.91 Å². The Bertz CT molecular complexity index is 1690. The van der Waals surface area contributed by atoms with Crippen molar-refractivity contribution < 1.29 is 23.8 Å². The number of hydrogen-bond donors (Lipinski definition) is 1. The summed E-state index contributed by atoms with van der Waals surface area (Å²) in [6, 6.07) is 19.1. The lowest BCUT2D eigenvalue weighted by Gasteiger charge is -2.10. The van der Waals surface area contributed by atoms with Gasteiger partial charge < -0.3 is 19.5 Å². The highest BCUT2D eigenvalue weighted by Gasteiger charge is 2.25. The first-order chi connectivity index (χ1) is 18.5. The minimum Gasteiger partial charge on any atom is -0.465 e. The molecule has 1 amide bonds. The van der Waals surface area contributed by atoms with Crippen LogP contribution in [0.4, 0.5) is 5.00 Å². The minimum atomic E-state index is -0.496. The first-order valence-corrected chi connectivity index (χ1v) is 13.6. The van der Waals surface area contributed by atoms with Gasteiger partial charge in [-0.25, -0.2) is 9.78 Å². The molecule has 0 atom stereocenters. The van der Waals surface area contributed by atoms with Crippen LogP contribution in [0.3, 0.4) is 0 Å². The second-order valence-electron chi connectivity index (χ2n) is 8.71. The SMILES string of the molecule is COC(=O)c1c(NC(=O)c2cc(-c3cccs3)nc3ccccc23)sc(Cc2ccc3c(c2)OCO3)c1C. The van der Waals surface area contributed by atoms with Crippen LogP contribution in [0.1, 0.15) is 36.7 Å². The molecule has 5 aromatic rings. The topological polar surface area (TPSA) is 86.8 Å². The molecular weight excluding hydrogens is 520 g/mol. The molecule has 9 heteroatoms. The van der Waals surface area contributed by atoms with E-state index in [2.05, 4.69) is 5.32 Å². The van der Waals surface area contributed by atoms with Crippen LogP contribution < -0.4 is 14.8 Å². The fraction of sp³-hybridized carbons (Fsp3) is 0.138. The summed E-state index contributed by atoms with van der Waals surface area (Å²) in [5.41, 5.74) is 4.07. The number of thiophene rings is 2. The quantitative estimate of drug-likeness (QED) is 0.241. The van der Waals surface area contributed by atoms with Gasteiger partial charge in [-0.1, -0.05) is 30.3 Å². The Morgan fingerprint density at radius 1 is 1.05 bits per heavy atom. The zero-order valence-electron chi connectivity index (χ0n) is 20.6. The number of nitrogens with zero attached hydrogens (tertiary/aromatic N) is 1. The van der Waals surface area contributed by atoms with E-state index >= 15 is 0 Å². The van der Waals surface area contributed by atoms with Crippen LogP contribution in [0.25, 0.3) is 21.5 Å². The van der Waals surface area contributed by atoms with E-state index < -0.39 is 5.97 Å². The number of nitrogens with one attached hydrogen (secondary N) is 1. The molecule has 1 aliphatic rings. The number of hydrogen-bond acceptors (Lipinski definition) is 8. The van der Waals surface area contributed by atoms with Gasteiger partial charge in [-0.15, -0.1) is 22.7 Å². The summed E-state index contributed by atoms with van der Waals surface area (Å²) in [5.74, 6) is 0.600. The van der Waals surface area contributed by atoms with Crippen molar-refractivity contribution in [2.45, 2.75) is 13.3 Å². The summed E-state index contributed by atoms with van der Waals surface area (Å²) in [5, 5.41) is 6.17. The number of carbonyl (C=O) groups is 2. The van der Waals surface area contributed by atoms with Crippen LogP contribution >= 0.6 is 22.7 Å². The van der Waals surface area contributed by atoms with E-state index in [4.69, 9.17) is 19.2 Å². The molecule has 1 N–H and O–H groups in total. The highest BCUT2D eigenvalue weighted by molar-refractivity contribution is 7.17. The maximum atomic E-state index is 13.7. The summed E-state index contributed by atoms with van der Waals surface area (Å²) >= 11 is 2.93. The Balaban J connectivity index is 1.37. The Hall–Kier alpha value is -4.21. The van der Waals surface area contributed by atoms with Crippen molar-refractivity contribution in [3.8, 4) is 22.1 Å². The normalized spacial score (nSPS) is 12.1. The standard InChI is InChI=1S/C29H22N2O5S2/c1-16-25(13-17-9-10-22-23(12-17)36-15-35-22)38-28(26(16)29(33)34-2)31-27(32)19-14-21(24-8-5-11-37-24)30-20-7-4-3-6-18(19)20/h3-12,14H,13,15H2,1-2H3,(H,31,32). The van der Waals surface area contributed by atoms with Gasteiger partial charge in [0.15, 0.2) is 11.5 Å². The zero-order valence-corrected chi connectivity index (χ0v) is 22.2. The van der Waals surface area contributed by atoms with Crippen LogP contribution in [-0.2, 0) is 11.2 Å². The molecule has 38 heavy (non-hydrogen) atoms. The zero-order chi connectivity index (χ0) is 26.2. The van der Waals surface area contributed by atoms with Gasteiger partial charge in [-0.2, -0.15) is 0 Å². The lowest BCUT2D eigenvalue weighted by atomic mass is 10.0. The van der Waals surface area contributed by atoms with Crippen molar-refractivity contribution in [1.82, 2.24) is 4.98 Å². The summed E-state index contributed by atoms with van der Waals surface area (Å²) in [4.78, 5) is 33.2. The highest BCUT2D eigenvalue weighted by atomic mass is 32.1. The van der Waals surface area contributed by atoms with Gasteiger partial charge in [-0.3, -0.25) is 4.79 Å². The maximum absolute atomic E-state index is 13.7. The summed E-state index contributed by atoms with van der Waals surface area (Å²) < 4.78 is 16.0. The number of benzene rings is 2. The van der Waals surface area contributed by atoms with E-state index in [1.165, 1.54) is 18.4 Å². The van der Waals surface area contributed by atoms with E-state index in [0.29, 0.717) is 34.0 Å². The molecule has 6 rings (SSSR count). The molecular formula is C29H22N2O5S2. The first-order valence-electron chi connectivity index (χ1n) is 11.9. The molecule has 0 saturated carbocycles. The number of ether oxygens (including phenoxy) is 3. The lowest BCUT2D eigenvalue weighted by molar-refractivity contribution is 0.0601. The van der Waals surface area contributed by atoms with E-state index in [0.717, 1.165) is 37.5 Å². The molecule has 190 valence electrons. The summed E-state index contributed by atoms with van der Waals surface area (Å²) in [6.45, 7) is 2.08. The monoisotopic (exact) mass is 542 g/mol. The Labute approximate surface area is 226 Å². The molecule has 1 aliphatic heterocycles. The fourth-order valence-electron chi connectivity index (χ4n) is 4.49. The lowest BCUT2D eigenvalue weighted by Crippen LogP contribution is -2.15. The van der Waals surface area contributed by atoms with Crippen LogP contribution in [0, 0.1) is 6.92 Å². The van der Waals surface area contributed by atoms with Gasteiger partial charge >= 0.3 is 5.97 Å². The molecule has 4 heterocycles. The summed E-state index contributed by atoms with van der Waals surface area (Å²) in [7, 11) is 1.34. The molecule has 0 radical (unpaired) electrons. The van der Waals surface area contributed by atoms with Gasteiger partial charge in [-0.05, 0) is 53.8 Å². The first kappa shape index (κ1) is 24.1. The Morgan fingerprint density at radius 3 is 2.71 bits per heavy atom. The molecule has 3 aromatic heterocycles. The Morgan fingerprint density at radius 2 is 1.89 bits per heavy atom. The van der Waals surface area contributed by atoms with Crippen molar-refractivity contribution in [1.29, 1.82) is 0 Å². The number of anilines is 1. The van der Waals surface area contributed by atoms with Crippen molar-refractivity contribution in [2.75, 3.05) is 19.2 Å². The molecule has 7 nitrogen and oxygen atoms in total. The number of fused-ring (bicyclic) bond motifs is 2. The molecule has 2 aromatic carbocycles. The number of pyridine rings is 1. The predicted molar refractivity (Wildman–Crippen MR) is 149 cm³/mol. The molecule has 0 spiro atoms. The van der Waals surface area contributed by atoms with Crippen molar-refractivity contribution in [2.24, 2.45) is 0 Å². The molecule has 0 fully saturated rings. The largest absolute Gasteiger partial charge is 0.465 e. The van der Waals surface area contributed by atoms with Gasteiger partial charge in [0.05, 0.1) is 34.3 Å². The van der Waals surface area contributed by atoms with Gasteiger partial charge in [0, 0.05) is 16.7 Å². The maximum Gasteiger partial charge on any atom is 0.341 e. The smallest absolute Gasteiger partial charge is 0.341 e. The van der Waals surface area contributed by atoms with E-state index in [1.807, 2.05) is 66.9 Å². The predicted octanol–water partition coefficient (Wildman–Crippen LogP) is 6.69. The third-order valence-corrected chi connectivity index (χ3v) is 8.50. The number of esters is 1. The van der Waals surface area contributed by atoms with Crippen LogP contribution in [-0.4, -0.2) is 30.8 Å². The van der Waals surface area contributed by atoms with Gasteiger partial charge in [0.1, 0.15) is 5.00 Å². The van der Waals surface area contributed by atoms with Crippen LogP contribution in [0.2, 0.25) is 0 Å². The number of carbonyl (C=O) groups excluding carboxylic acids is 2. The van der Waals surface area contributed by atoms with Gasteiger partial charge in [0.2, 0.25) is 6.79 Å². The highest BCUT2D eigenvalue weighted by Crippen LogP contribution is 2.38. The average molecular weight is 543 g/mol. The van der Waals surface area contributed by atoms with Crippen molar-refractivity contribution in [3.05, 3.63) is 93.2 Å². The molecule has 0 aliphatic carbocycles. The van der Waals surface area contributed by atoms with E-state index in [-0.39, 0.29) is 12.7 Å². The minimum absolute atomic E-state index is 0.206. The van der Waals surface area contributed by atoms with Crippen molar-refractivity contribution >= 4 is 50.5 Å². The average Bonchev–Trinajstić information content (AvgIpc) is 3.69. The molecule has 0 unspecified atom stereocenters. The van der Waals surface area contributed by atoms with E-state index in [9.17, 15) is 9.59 Å². The van der Waals surface area contributed by atoms with E-state index in [1.54, 1.807) is 17.4 Å². The van der Waals surface area contributed by atoms with Crippen LogP contribution in [0.5, 0.6) is 11.5 Å². The number of amides is 1. The number of aromatic nitrogens is 1. The summed E-state index contributed by atoms with van der Waals surface area (Å²) in [6.07, 6.45) is 0.563. The fourth-order valence-corrected chi connectivity index (χ4v) is 6.39. The number of rotatable bonds is 6. The number of methoxy groups -OCH3 is 1. The molecule has 0 bridgehead atoms. The second-order valence-corrected chi connectivity index (χ2v) is 10.8. The third kappa shape index (κ3) is 4.40. The number of para-hydroxylation sites is 1. The molecule has 0 saturated heterocycles. The third-order valence-electron chi connectivity index (χ3n) is 6.40.